The van der Waals surface area contributed by atoms with Crippen LogP contribution in [0.25, 0.3) is 0 Å². The van der Waals surface area contributed by atoms with Gasteiger partial charge in [0.1, 0.15) is 5.69 Å². The monoisotopic (exact) mass is 379 g/mol. The summed E-state index contributed by atoms with van der Waals surface area (Å²) in [7, 11) is 0. The first-order chi connectivity index (χ1) is 13.5. The Hall–Kier alpha value is -2.89. The topological polar surface area (TPSA) is 82.3 Å². The number of anilines is 1. The number of aromatic nitrogens is 1. The molecule has 0 bridgehead atoms. The van der Waals surface area contributed by atoms with E-state index in [4.69, 9.17) is 0 Å². The van der Waals surface area contributed by atoms with E-state index in [1.54, 1.807) is 4.90 Å². The standard InChI is InChI=1S/C22H25N3O3/c1-14-19-17(10-5-11-18(19)26)24-20(14)22(28)25-12-6-7-15(13-25)21(27)23-16-8-3-2-4-9-16/h2-4,8-9,15,24H,5-7,10-13H2,1H3,(H,23,27). The minimum atomic E-state index is -0.232. The minimum absolute atomic E-state index is 0.0543. The van der Waals surface area contributed by atoms with E-state index in [2.05, 4.69) is 10.3 Å². The summed E-state index contributed by atoms with van der Waals surface area (Å²) in [5.74, 6) is -0.282. The summed E-state index contributed by atoms with van der Waals surface area (Å²) >= 11 is 0. The van der Waals surface area contributed by atoms with Crippen LogP contribution in [0.5, 0.6) is 0 Å². The van der Waals surface area contributed by atoms with Gasteiger partial charge in [-0.2, -0.15) is 0 Å². The molecule has 0 radical (unpaired) electrons. The summed E-state index contributed by atoms with van der Waals surface area (Å²) < 4.78 is 0. The molecule has 2 amide bonds. The highest BCUT2D eigenvalue weighted by molar-refractivity contribution is 6.04. The fraction of sp³-hybridized carbons (Fsp3) is 0.409. The summed E-state index contributed by atoms with van der Waals surface area (Å²) in [5.41, 5.74) is 3.60. The van der Waals surface area contributed by atoms with E-state index in [1.807, 2.05) is 37.3 Å². The fourth-order valence-electron chi connectivity index (χ4n) is 4.29. The summed E-state index contributed by atoms with van der Waals surface area (Å²) in [6.07, 6.45) is 3.73. The Labute approximate surface area is 164 Å². The molecule has 2 heterocycles. The maximum Gasteiger partial charge on any atom is 0.270 e. The van der Waals surface area contributed by atoms with Crippen LogP contribution in [0.4, 0.5) is 5.69 Å². The molecule has 2 aromatic rings. The largest absolute Gasteiger partial charge is 0.354 e. The normalized spacial score (nSPS) is 19.2. The lowest BCUT2D eigenvalue weighted by Crippen LogP contribution is -2.44. The average Bonchev–Trinajstić information content (AvgIpc) is 3.06. The first-order valence-electron chi connectivity index (χ1n) is 9.94. The quantitative estimate of drug-likeness (QED) is 0.858. The molecule has 1 saturated heterocycles. The Morgan fingerprint density at radius 1 is 1.14 bits per heavy atom. The number of carbonyl (C=O) groups excluding carboxylic acids is 3. The molecule has 28 heavy (non-hydrogen) atoms. The zero-order chi connectivity index (χ0) is 19.7. The Bertz CT molecular complexity index is 917. The van der Waals surface area contributed by atoms with Crippen LogP contribution in [-0.2, 0) is 11.2 Å². The molecule has 0 saturated carbocycles. The van der Waals surface area contributed by atoms with E-state index >= 15 is 0 Å². The number of carbonyl (C=O) groups is 3. The molecule has 2 aliphatic rings. The molecule has 1 aliphatic heterocycles. The number of H-pyrrole nitrogens is 1. The number of aryl methyl sites for hydroxylation is 1. The number of nitrogens with zero attached hydrogens (tertiary/aromatic N) is 1. The second-order valence-corrected chi connectivity index (χ2v) is 7.70. The average molecular weight is 379 g/mol. The maximum atomic E-state index is 13.1. The van der Waals surface area contributed by atoms with Crippen molar-refractivity contribution in [1.82, 2.24) is 9.88 Å². The van der Waals surface area contributed by atoms with Crippen LogP contribution in [-0.4, -0.2) is 40.6 Å². The number of hydrogen-bond acceptors (Lipinski definition) is 3. The molecular formula is C22H25N3O3. The van der Waals surface area contributed by atoms with Crippen molar-refractivity contribution in [3.63, 3.8) is 0 Å². The van der Waals surface area contributed by atoms with Crippen molar-refractivity contribution in [2.75, 3.05) is 18.4 Å². The first-order valence-corrected chi connectivity index (χ1v) is 9.94. The summed E-state index contributed by atoms with van der Waals surface area (Å²) in [6.45, 7) is 2.87. The van der Waals surface area contributed by atoms with Crippen molar-refractivity contribution in [2.45, 2.75) is 39.0 Å². The Balaban J connectivity index is 1.48. The van der Waals surface area contributed by atoms with Crippen molar-refractivity contribution in [3.8, 4) is 0 Å². The van der Waals surface area contributed by atoms with Gasteiger partial charge in [-0.1, -0.05) is 18.2 Å². The van der Waals surface area contributed by atoms with Crippen LogP contribution in [0.1, 0.15) is 57.8 Å². The number of ketones is 1. The van der Waals surface area contributed by atoms with Gasteiger partial charge < -0.3 is 15.2 Å². The van der Waals surface area contributed by atoms with Gasteiger partial charge >= 0.3 is 0 Å². The lowest BCUT2D eigenvalue weighted by molar-refractivity contribution is -0.121. The van der Waals surface area contributed by atoms with Gasteiger partial charge in [0.15, 0.2) is 5.78 Å². The third-order valence-corrected chi connectivity index (χ3v) is 5.77. The number of rotatable bonds is 3. The Morgan fingerprint density at radius 2 is 1.93 bits per heavy atom. The number of para-hydroxylation sites is 1. The number of amides is 2. The van der Waals surface area contributed by atoms with E-state index in [-0.39, 0.29) is 23.5 Å². The maximum absolute atomic E-state index is 13.1. The van der Waals surface area contributed by atoms with E-state index in [9.17, 15) is 14.4 Å². The van der Waals surface area contributed by atoms with Crippen LogP contribution < -0.4 is 5.32 Å². The van der Waals surface area contributed by atoms with Gasteiger partial charge in [-0.3, -0.25) is 14.4 Å². The lowest BCUT2D eigenvalue weighted by Gasteiger charge is -2.32. The van der Waals surface area contributed by atoms with Crippen molar-refractivity contribution in [3.05, 3.63) is 52.8 Å². The van der Waals surface area contributed by atoms with Crippen LogP contribution in [0.15, 0.2) is 30.3 Å². The molecule has 1 fully saturated rings. The van der Waals surface area contributed by atoms with Crippen molar-refractivity contribution >= 4 is 23.3 Å². The molecule has 4 rings (SSSR count). The third-order valence-electron chi connectivity index (χ3n) is 5.77. The second kappa shape index (κ2) is 7.62. The highest BCUT2D eigenvalue weighted by Gasteiger charge is 2.32. The van der Waals surface area contributed by atoms with Gasteiger partial charge in [0.05, 0.1) is 5.92 Å². The van der Waals surface area contributed by atoms with Gasteiger partial charge in [-0.05, 0) is 50.3 Å². The molecule has 6 nitrogen and oxygen atoms in total. The molecule has 1 aromatic heterocycles. The van der Waals surface area contributed by atoms with Gasteiger partial charge in [0.2, 0.25) is 5.91 Å². The van der Waals surface area contributed by atoms with Gasteiger partial charge in [0, 0.05) is 36.5 Å². The predicted molar refractivity (Wildman–Crippen MR) is 106 cm³/mol. The number of Topliss-reactive ketones (excluding diaryl/α,β-unsaturated/α-hetero) is 1. The van der Waals surface area contributed by atoms with Crippen LogP contribution in [0.2, 0.25) is 0 Å². The molecule has 1 unspecified atom stereocenters. The van der Waals surface area contributed by atoms with Gasteiger partial charge in [-0.25, -0.2) is 0 Å². The van der Waals surface area contributed by atoms with E-state index < -0.39 is 0 Å². The SMILES string of the molecule is Cc1c(C(=O)N2CCCC(C(=O)Nc3ccccc3)C2)[nH]c2c1C(=O)CCC2. The number of benzene rings is 1. The van der Waals surface area contributed by atoms with Gasteiger partial charge in [-0.15, -0.1) is 0 Å². The molecule has 6 heteroatoms. The van der Waals surface area contributed by atoms with Crippen molar-refractivity contribution in [2.24, 2.45) is 5.92 Å². The number of aromatic amines is 1. The van der Waals surface area contributed by atoms with Crippen molar-refractivity contribution in [1.29, 1.82) is 0 Å². The van der Waals surface area contributed by atoms with E-state index in [0.29, 0.717) is 30.8 Å². The Morgan fingerprint density at radius 3 is 2.68 bits per heavy atom. The molecule has 1 aliphatic carbocycles. The van der Waals surface area contributed by atoms with Gasteiger partial charge in [0.25, 0.3) is 5.91 Å². The van der Waals surface area contributed by atoms with Crippen molar-refractivity contribution < 1.29 is 14.4 Å². The number of nitrogens with one attached hydrogen (secondary N) is 2. The first kappa shape index (κ1) is 18.5. The number of likely N-dealkylation sites (tertiary alicyclic amines) is 1. The zero-order valence-electron chi connectivity index (χ0n) is 16.1. The molecule has 146 valence electrons. The summed E-state index contributed by atoms with van der Waals surface area (Å²) in [6, 6.07) is 9.37. The van der Waals surface area contributed by atoms with E-state index in [0.717, 1.165) is 42.6 Å². The van der Waals surface area contributed by atoms with Crippen LogP contribution >= 0.6 is 0 Å². The second-order valence-electron chi connectivity index (χ2n) is 7.70. The number of piperidine rings is 1. The molecule has 0 spiro atoms. The molecule has 1 aromatic carbocycles. The Kier molecular flexibility index (Phi) is 5.03. The lowest BCUT2D eigenvalue weighted by atomic mass is 9.93. The predicted octanol–water partition coefficient (Wildman–Crippen LogP) is 3.33. The minimum Gasteiger partial charge on any atom is -0.354 e. The highest BCUT2D eigenvalue weighted by Crippen LogP contribution is 2.28. The zero-order valence-corrected chi connectivity index (χ0v) is 16.1. The van der Waals surface area contributed by atoms with Crippen LogP contribution in [0.3, 0.4) is 0 Å². The summed E-state index contributed by atoms with van der Waals surface area (Å²) in [5, 5.41) is 2.94. The van der Waals surface area contributed by atoms with E-state index in [1.165, 1.54) is 0 Å². The number of hydrogen-bond donors (Lipinski definition) is 2. The molecular weight excluding hydrogens is 354 g/mol. The smallest absolute Gasteiger partial charge is 0.270 e. The number of fused-ring (bicyclic) bond motifs is 1. The van der Waals surface area contributed by atoms with Crippen LogP contribution in [0, 0.1) is 12.8 Å². The third kappa shape index (κ3) is 3.46. The fourth-order valence-corrected chi connectivity index (χ4v) is 4.29. The highest BCUT2D eigenvalue weighted by atomic mass is 16.2. The molecule has 2 N–H and O–H groups in total. The molecule has 1 atom stereocenters. The summed E-state index contributed by atoms with van der Waals surface area (Å²) in [4.78, 5) is 42.9.